The summed E-state index contributed by atoms with van der Waals surface area (Å²) in [6.07, 6.45) is -3.67. The highest BCUT2D eigenvalue weighted by Gasteiger charge is 2.44. The Morgan fingerprint density at radius 1 is 1.03 bits per heavy atom. The van der Waals surface area contributed by atoms with Crippen LogP contribution in [0.15, 0.2) is 47.6 Å². The fraction of sp³-hybridized carbons (Fsp3) is 0.480. The molecule has 0 saturated carbocycles. The molecule has 5 unspecified atom stereocenters. The van der Waals surface area contributed by atoms with Gasteiger partial charge < -0.3 is 30.0 Å². The molecule has 1 saturated heterocycles. The van der Waals surface area contributed by atoms with E-state index in [4.69, 9.17) is 21.2 Å². The van der Waals surface area contributed by atoms with Gasteiger partial charge in [-0.05, 0) is 48.1 Å². The van der Waals surface area contributed by atoms with E-state index >= 15 is 0 Å². The highest BCUT2D eigenvalue weighted by molar-refractivity contribution is 6.31. The average Bonchev–Trinajstić information content (AvgIpc) is 2.82. The maximum absolute atomic E-state index is 10.4. The second kappa shape index (κ2) is 11.9. The number of aliphatic hydroxyl groups excluding tert-OH is 4. The molecule has 3 rings (SSSR count). The number of oxime groups is 1. The van der Waals surface area contributed by atoms with Gasteiger partial charge in [-0.25, -0.2) is 0 Å². The zero-order chi connectivity index (χ0) is 24.0. The minimum Gasteiger partial charge on any atom is -0.396 e. The van der Waals surface area contributed by atoms with Gasteiger partial charge in [0, 0.05) is 5.02 Å². The van der Waals surface area contributed by atoms with Gasteiger partial charge in [-0.2, -0.15) is 0 Å². The molecule has 8 heteroatoms. The van der Waals surface area contributed by atoms with Crippen LogP contribution in [-0.4, -0.2) is 63.8 Å². The maximum Gasteiger partial charge on any atom is 0.114 e. The van der Waals surface area contributed by atoms with E-state index in [0.29, 0.717) is 23.6 Å². The van der Waals surface area contributed by atoms with Crippen molar-refractivity contribution in [3.05, 3.63) is 69.7 Å². The second-order valence-corrected chi connectivity index (χ2v) is 8.59. The average molecular weight is 478 g/mol. The fourth-order valence-corrected chi connectivity index (χ4v) is 4.13. The Kier molecular flexibility index (Phi) is 9.26. The van der Waals surface area contributed by atoms with Gasteiger partial charge in [0.05, 0.1) is 12.3 Å². The van der Waals surface area contributed by atoms with Crippen LogP contribution < -0.4 is 0 Å². The molecule has 33 heavy (non-hydrogen) atoms. The molecule has 0 amide bonds. The Bertz CT molecular complexity index is 933. The summed E-state index contributed by atoms with van der Waals surface area (Å²) in [6, 6.07) is 13.3. The number of ether oxygens (including phenoxy) is 1. The first-order chi connectivity index (χ1) is 15.9. The van der Waals surface area contributed by atoms with Gasteiger partial charge in [0.25, 0.3) is 0 Å². The molecule has 1 aliphatic heterocycles. The monoisotopic (exact) mass is 477 g/mol. The lowest BCUT2D eigenvalue weighted by atomic mass is 9.90. The van der Waals surface area contributed by atoms with Crippen molar-refractivity contribution in [1.82, 2.24) is 0 Å². The highest BCUT2D eigenvalue weighted by atomic mass is 35.5. The van der Waals surface area contributed by atoms with E-state index in [0.717, 1.165) is 35.2 Å². The van der Waals surface area contributed by atoms with E-state index < -0.39 is 37.1 Å². The van der Waals surface area contributed by atoms with E-state index in [9.17, 15) is 20.4 Å². The molecule has 2 aromatic rings. The zero-order valence-electron chi connectivity index (χ0n) is 18.9. The normalized spacial score (nSPS) is 25.8. The lowest BCUT2D eigenvalue weighted by molar-refractivity contribution is -0.231. The van der Waals surface area contributed by atoms with Crippen LogP contribution in [0.4, 0.5) is 0 Å². The standard InChI is InChI=1S/C25H32ClNO6/c1-3-5-20(27-32-4-2)16-8-6-15(7-9-16)12-18-13-17(10-11-19(18)26)25-24(31)23(30)22(29)21(14-28)33-25/h6-11,13,21-25,28-31H,3-5,12,14H2,1-2H3. The summed E-state index contributed by atoms with van der Waals surface area (Å²) in [5.74, 6) is 0. The smallest absolute Gasteiger partial charge is 0.114 e. The van der Waals surface area contributed by atoms with E-state index in [1.54, 1.807) is 12.1 Å². The predicted octanol–water partition coefficient (Wildman–Crippen LogP) is 2.99. The summed E-state index contributed by atoms with van der Waals surface area (Å²) in [6.45, 7) is 4.05. The van der Waals surface area contributed by atoms with Crippen LogP contribution in [0, 0.1) is 0 Å². The Labute approximate surface area is 199 Å². The van der Waals surface area contributed by atoms with Gasteiger partial charge in [0.2, 0.25) is 0 Å². The van der Waals surface area contributed by atoms with Gasteiger partial charge in [-0.1, -0.05) is 66.5 Å². The van der Waals surface area contributed by atoms with E-state index in [2.05, 4.69) is 12.1 Å². The molecule has 0 bridgehead atoms. The molecule has 0 spiro atoms. The number of rotatable bonds is 9. The lowest BCUT2D eigenvalue weighted by Crippen LogP contribution is -2.55. The van der Waals surface area contributed by atoms with Gasteiger partial charge >= 0.3 is 0 Å². The van der Waals surface area contributed by atoms with Crippen LogP contribution in [0.5, 0.6) is 0 Å². The molecule has 7 nitrogen and oxygen atoms in total. The van der Waals surface area contributed by atoms with E-state index in [1.807, 2.05) is 37.3 Å². The molecule has 5 atom stereocenters. The predicted molar refractivity (Wildman–Crippen MR) is 126 cm³/mol. The van der Waals surface area contributed by atoms with Gasteiger partial charge in [0.1, 0.15) is 37.1 Å². The molecule has 4 N–H and O–H groups in total. The summed E-state index contributed by atoms with van der Waals surface area (Å²) >= 11 is 6.44. The van der Waals surface area contributed by atoms with Crippen LogP contribution in [0.25, 0.3) is 0 Å². The Balaban J connectivity index is 1.80. The van der Waals surface area contributed by atoms with E-state index in [-0.39, 0.29) is 0 Å². The molecular formula is C25H32ClNO6. The molecule has 1 fully saturated rings. The Hall–Kier alpha value is -2.00. The van der Waals surface area contributed by atoms with Crippen molar-refractivity contribution >= 4 is 17.3 Å². The largest absolute Gasteiger partial charge is 0.396 e. The summed E-state index contributed by atoms with van der Waals surface area (Å²) in [5, 5.41) is 44.8. The van der Waals surface area contributed by atoms with Crippen LogP contribution >= 0.6 is 11.6 Å². The van der Waals surface area contributed by atoms with Crippen molar-refractivity contribution in [3.8, 4) is 0 Å². The number of hydrogen-bond donors (Lipinski definition) is 4. The third-order valence-corrected chi connectivity index (χ3v) is 6.13. The quantitative estimate of drug-likeness (QED) is 0.326. The third-order valence-electron chi connectivity index (χ3n) is 5.76. The van der Waals surface area contributed by atoms with Gasteiger partial charge in [0.15, 0.2) is 0 Å². The summed E-state index contributed by atoms with van der Waals surface area (Å²) in [5.41, 5.74) is 4.40. The highest BCUT2D eigenvalue weighted by Crippen LogP contribution is 2.34. The molecule has 0 aliphatic carbocycles. The number of hydrogen-bond acceptors (Lipinski definition) is 7. The van der Waals surface area contributed by atoms with E-state index in [1.165, 1.54) is 0 Å². The fourth-order valence-electron chi connectivity index (χ4n) is 3.94. The first kappa shape index (κ1) is 25.6. The SMILES string of the molecule is CCCC(=NOCC)c1ccc(Cc2cc(C3OC(CO)C(O)C(O)C3O)ccc2Cl)cc1. The number of nitrogens with zero attached hydrogens (tertiary/aromatic N) is 1. The molecular weight excluding hydrogens is 446 g/mol. The number of aliphatic hydroxyl groups is 4. The molecule has 0 aromatic heterocycles. The third kappa shape index (κ3) is 6.12. The Morgan fingerprint density at radius 3 is 2.39 bits per heavy atom. The van der Waals surface area contributed by atoms with Crippen LogP contribution in [0.2, 0.25) is 5.02 Å². The number of halogens is 1. The summed E-state index contributed by atoms with van der Waals surface area (Å²) < 4.78 is 5.68. The minimum atomic E-state index is -1.43. The molecule has 2 aromatic carbocycles. The lowest BCUT2D eigenvalue weighted by Gasteiger charge is -2.40. The van der Waals surface area contributed by atoms with Crippen molar-refractivity contribution in [1.29, 1.82) is 0 Å². The molecule has 1 aliphatic rings. The van der Waals surface area contributed by atoms with Crippen molar-refractivity contribution in [2.24, 2.45) is 5.16 Å². The van der Waals surface area contributed by atoms with Gasteiger partial charge in [-0.15, -0.1) is 0 Å². The van der Waals surface area contributed by atoms with Crippen molar-refractivity contribution in [2.45, 2.75) is 63.6 Å². The molecule has 0 radical (unpaired) electrons. The number of benzene rings is 2. The van der Waals surface area contributed by atoms with Crippen molar-refractivity contribution < 1.29 is 30.0 Å². The van der Waals surface area contributed by atoms with Crippen LogP contribution in [0.1, 0.15) is 55.0 Å². The minimum absolute atomic E-state index is 0.471. The van der Waals surface area contributed by atoms with Gasteiger partial charge in [-0.3, -0.25) is 0 Å². The topological polar surface area (TPSA) is 112 Å². The first-order valence-corrected chi connectivity index (χ1v) is 11.6. The summed E-state index contributed by atoms with van der Waals surface area (Å²) in [7, 11) is 0. The zero-order valence-corrected chi connectivity index (χ0v) is 19.7. The summed E-state index contributed by atoms with van der Waals surface area (Å²) in [4.78, 5) is 5.24. The van der Waals surface area contributed by atoms with Crippen molar-refractivity contribution in [2.75, 3.05) is 13.2 Å². The first-order valence-electron chi connectivity index (χ1n) is 11.3. The van der Waals surface area contributed by atoms with Crippen LogP contribution in [-0.2, 0) is 16.0 Å². The second-order valence-electron chi connectivity index (χ2n) is 8.18. The molecule has 1 heterocycles. The van der Waals surface area contributed by atoms with Crippen molar-refractivity contribution in [3.63, 3.8) is 0 Å². The molecule has 180 valence electrons. The maximum atomic E-state index is 10.4. The van der Waals surface area contributed by atoms with Crippen LogP contribution in [0.3, 0.4) is 0 Å². The Morgan fingerprint density at radius 2 is 1.76 bits per heavy atom.